The molecule has 0 saturated heterocycles. The van der Waals surface area contributed by atoms with Crippen LogP contribution in [0.25, 0.3) is 0 Å². The van der Waals surface area contributed by atoms with Crippen LogP contribution in [-0.4, -0.2) is 103 Å². The lowest BCUT2D eigenvalue weighted by Gasteiger charge is -2.45. The Bertz CT molecular complexity index is 1700. The molecule has 0 bridgehead atoms. The molecule has 0 aromatic heterocycles. The first-order chi connectivity index (χ1) is 35.0. The van der Waals surface area contributed by atoms with Gasteiger partial charge in [0.05, 0.1) is 14.6 Å². The van der Waals surface area contributed by atoms with Crippen LogP contribution in [0.15, 0.2) is 0 Å². The third-order valence-electron chi connectivity index (χ3n) is 13.4. The maximum Gasteiger partial charge on any atom is 0.222 e. The summed E-state index contributed by atoms with van der Waals surface area (Å²) in [6.07, 6.45) is 7.58. The molecule has 0 aromatic rings. The Labute approximate surface area is 470 Å². The highest BCUT2D eigenvalue weighted by Crippen LogP contribution is 2.60. The van der Waals surface area contributed by atoms with E-state index >= 15 is 0 Å². The first kappa shape index (κ1) is 72.9. The average molecular weight is 1110 g/mol. The van der Waals surface area contributed by atoms with E-state index in [1.807, 2.05) is 55.4 Å². The van der Waals surface area contributed by atoms with Gasteiger partial charge in [0, 0.05) is 117 Å². The molecule has 0 aliphatic rings. The Hall–Kier alpha value is -2.07. The van der Waals surface area contributed by atoms with Gasteiger partial charge in [-0.15, -0.1) is 35.3 Å². The van der Waals surface area contributed by atoms with Gasteiger partial charge < -0.3 is 21.3 Å². The Kier molecular flexibility index (Phi) is 39.0. The molecular formula is C60H110N4O8S3. The molecule has 2 amide bonds. The number of ketones is 6. The Balaban J connectivity index is 8.43. The number of amides is 2. The fourth-order valence-corrected chi connectivity index (χ4v) is 15.3. The molecule has 0 aliphatic carbocycles. The number of carbonyl (C=O) groups excluding carboxylic acids is 8. The minimum absolute atomic E-state index is 0.00174. The van der Waals surface area contributed by atoms with Gasteiger partial charge in [0.1, 0.15) is 34.7 Å². The molecule has 75 heavy (non-hydrogen) atoms. The van der Waals surface area contributed by atoms with Crippen LogP contribution in [0.2, 0.25) is 0 Å². The van der Waals surface area contributed by atoms with Gasteiger partial charge in [-0.1, -0.05) is 111 Å². The third-order valence-corrected chi connectivity index (χ3v) is 18.9. The maximum atomic E-state index is 14.7. The molecular weight excluding hydrogens is 1000 g/mol. The Morgan fingerprint density at radius 3 is 1.27 bits per heavy atom. The monoisotopic (exact) mass is 1110 g/mol. The number of carbonyl (C=O) groups is 8. The van der Waals surface area contributed by atoms with Crippen molar-refractivity contribution in [2.45, 2.75) is 270 Å². The maximum absolute atomic E-state index is 14.7. The zero-order chi connectivity index (χ0) is 57.3. The van der Waals surface area contributed by atoms with Crippen molar-refractivity contribution in [1.29, 1.82) is 0 Å². The molecule has 0 fully saturated rings. The van der Waals surface area contributed by atoms with Crippen LogP contribution in [0.3, 0.4) is 0 Å². The molecule has 436 valence electrons. The summed E-state index contributed by atoms with van der Waals surface area (Å²) >= 11 is 4.45. The molecule has 0 heterocycles. The normalized spacial score (nSPS) is 14.5. The number of rotatable bonds is 48. The van der Waals surface area contributed by atoms with Crippen LogP contribution < -0.4 is 21.3 Å². The van der Waals surface area contributed by atoms with Crippen molar-refractivity contribution in [3.63, 3.8) is 0 Å². The number of hydrogen-bond donors (Lipinski definition) is 4. The number of thioether (sulfide) groups is 3. The summed E-state index contributed by atoms with van der Waals surface area (Å²) in [5, 5.41) is 12.2. The summed E-state index contributed by atoms with van der Waals surface area (Å²) in [6, 6.07) is 0.559. The van der Waals surface area contributed by atoms with Crippen LogP contribution >= 0.6 is 35.3 Å². The van der Waals surface area contributed by atoms with E-state index in [1.54, 1.807) is 0 Å². The van der Waals surface area contributed by atoms with Crippen molar-refractivity contribution in [3.8, 4) is 0 Å². The predicted molar refractivity (Wildman–Crippen MR) is 320 cm³/mol. The van der Waals surface area contributed by atoms with Gasteiger partial charge in [0.2, 0.25) is 11.8 Å². The predicted octanol–water partition coefficient (Wildman–Crippen LogP) is 12.7. The lowest BCUT2D eigenvalue weighted by Crippen LogP contribution is -2.41. The molecule has 15 heteroatoms. The van der Waals surface area contributed by atoms with Crippen molar-refractivity contribution in [2.24, 2.45) is 35.5 Å². The molecule has 0 aliphatic heterocycles. The largest absolute Gasteiger partial charge is 0.356 e. The van der Waals surface area contributed by atoms with Gasteiger partial charge in [-0.3, -0.25) is 38.4 Å². The smallest absolute Gasteiger partial charge is 0.222 e. The van der Waals surface area contributed by atoms with E-state index in [1.165, 1.54) is 35.3 Å². The van der Waals surface area contributed by atoms with Crippen molar-refractivity contribution in [1.82, 2.24) is 21.3 Å². The van der Waals surface area contributed by atoms with Crippen LogP contribution in [0, 0.1) is 35.5 Å². The topological polar surface area (TPSA) is 185 Å². The second kappa shape index (κ2) is 40.2. The molecule has 0 aromatic carbocycles. The molecule has 0 spiro atoms. The molecule has 0 saturated carbocycles. The second-order valence-corrected chi connectivity index (χ2v) is 29.7. The molecule has 0 radical (unpaired) electrons. The van der Waals surface area contributed by atoms with Gasteiger partial charge in [0.25, 0.3) is 0 Å². The summed E-state index contributed by atoms with van der Waals surface area (Å²) in [5.41, 5.74) is 0. The molecule has 4 N–H and O–H groups in total. The minimum atomic E-state index is -1.15. The number of Topliss-reactive ketones (excluding diaryl/α,β-unsaturated/α-hetero) is 6. The number of nitrogens with one attached hydrogen (secondary N) is 4. The molecule has 0 rings (SSSR count). The third kappa shape index (κ3) is 36.7. The minimum Gasteiger partial charge on any atom is -0.356 e. The fraction of sp³-hybridized carbons (Fsp3) is 0.867. The van der Waals surface area contributed by atoms with Gasteiger partial charge in [-0.25, -0.2) is 0 Å². The number of hydrogen-bond acceptors (Lipinski definition) is 13. The van der Waals surface area contributed by atoms with Gasteiger partial charge in [-0.05, 0) is 89.1 Å². The summed E-state index contributed by atoms with van der Waals surface area (Å²) in [7, 11) is 0. The van der Waals surface area contributed by atoms with E-state index < -0.39 is 18.7 Å². The summed E-state index contributed by atoms with van der Waals surface area (Å²) < 4.78 is -2.28. The van der Waals surface area contributed by atoms with Gasteiger partial charge >= 0.3 is 0 Å². The van der Waals surface area contributed by atoms with Gasteiger partial charge in [0.15, 0.2) is 0 Å². The first-order valence-electron chi connectivity index (χ1n) is 29.2. The Morgan fingerprint density at radius 2 is 0.800 bits per heavy atom. The SMILES string of the molecule is CC(C)CCCNC(=O)CC(CCC(=O)C(C)C)SC(CCC(=O)CCCNC(C)C)(CC(=O)C(C)C)SC(CCC(=O)C(C)C)(CC(=O)NCCCC(C)C)SC(CCC(=O)CCCNC(C)C)CC(=O)C(C)C. The van der Waals surface area contributed by atoms with E-state index in [4.69, 9.17) is 0 Å². The van der Waals surface area contributed by atoms with E-state index in [-0.39, 0.29) is 140 Å². The van der Waals surface area contributed by atoms with Gasteiger partial charge in [-0.2, -0.15) is 0 Å². The molecule has 12 nitrogen and oxygen atoms in total. The highest BCUT2D eigenvalue weighted by atomic mass is 32.2. The van der Waals surface area contributed by atoms with E-state index in [0.29, 0.717) is 82.6 Å². The van der Waals surface area contributed by atoms with Crippen molar-refractivity contribution < 1.29 is 38.4 Å². The van der Waals surface area contributed by atoms with Crippen LogP contribution in [0.1, 0.15) is 239 Å². The quantitative estimate of drug-likeness (QED) is 0.0334. The Morgan fingerprint density at radius 1 is 0.387 bits per heavy atom. The van der Waals surface area contributed by atoms with Crippen molar-refractivity contribution in [3.05, 3.63) is 0 Å². The first-order valence-corrected chi connectivity index (χ1v) is 31.8. The van der Waals surface area contributed by atoms with Crippen molar-refractivity contribution >= 4 is 81.8 Å². The second-order valence-electron chi connectivity index (χ2n) is 24.0. The van der Waals surface area contributed by atoms with E-state index in [9.17, 15) is 38.4 Å². The lowest BCUT2D eigenvalue weighted by atomic mass is 10.00. The van der Waals surface area contributed by atoms with E-state index in [0.717, 1.165) is 25.7 Å². The van der Waals surface area contributed by atoms with E-state index in [2.05, 4.69) is 76.7 Å². The fourth-order valence-electron chi connectivity index (χ4n) is 8.39. The molecule has 4 atom stereocenters. The van der Waals surface area contributed by atoms with Crippen LogP contribution in [0.5, 0.6) is 0 Å². The highest BCUT2D eigenvalue weighted by Gasteiger charge is 2.48. The summed E-state index contributed by atoms with van der Waals surface area (Å²) in [5.74, 6) is -0.454. The lowest BCUT2D eigenvalue weighted by molar-refractivity contribution is -0.123. The summed E-state index contributed by atoms with van der Waals surface area (Å²) in [4.78, 5) is 113. The zero-order valence-electron chi connectivity index (χ0n) is 50.2. The highest BCUT2D eigenvalue weighted by molar-refractivity contribution is 8.26. The standard InChI is InChI=1S/C60H110N4O8S3/c1-41(2)21-17-35-63-57(71)38-52(27-28-53(67)43(5)6)74-59(39-56(70)46(11)12,31-29-50(66)24-20-34-62-48(15)16)75-60(32-30-54(68)44(7)8,40-58(72)64-36-18-22-42(3)4)73-51(37-55(69)45(9)10)26-25-49(65)23-19-33-61-47(13)14/h41-48,51-52,61-62H,17-40H2,1-16H3,(H,63,71)(H,64,72). The van der Waals surface area contributed by atoms with Crippen LogP contribution in [-0.2, 0) is 38.4 Å². The summed E-state index contributed by atoms with van der Waals surface area (Å²) in [6.45, 7) is 34.1. The van der Waals surface area contributed by atoms with Crippen LogP contribution in [0.4, 0.5) is 0 Å². The van der Waals surface area contributed by atoms with Crippen molar-refractivity contribution in [2.75, 3.05) is 26.2 Å². The molecule has 4 unspecified atom stereocenters. The zero-order valence-corrected chi connectivity index (χ0v) is 52.7. The average Bonchev–Trinajstić information content (AvgIpc) is 3.30.